The number of aliphatic hydroxyl groups excluding tert-OH is 2. The number of hydrogen-bond acceptors (Lipinski definition) is 4. The zero-order valence-electron chi connectivity index (χ0n) is 9.98. The van der Waals surface area contributed by atoms with Crippen LogP contribution in [0, 0.1) is 5.92 Å². The van der Waals surface area contributed by atoms with Gasteiger partial charge in [0.05, 0.1) is 19.3 Å². The fraction of sp³-hybridized carbons (Fsp3) is 1.00. The SMILES string of the molecule is CC1CN(C)C(C)CC1NC(CO)CO. The van der Waals surface area contributed by atoms with Crippen molar-refractivity contribution in [3.05, 3.63) is 0 Å². The predicted octanol–water partition coefficient (Wildman–Crippen LogP) is -0.342. The van der Waals surface area contributed by atoms with Gasteiger partial charge in [0.15, 0.2) is 0 Å². The van der Waals surface area contributed by atoms with Gasteiger partial charge in [0, 0.05) is 18.6 Å². The van der Waals surface area contributed by atoms with Crippen molar-refractivity contribution in [3.63, 3.8) is 0 Å². The third kappa shape index (κ3) is 3.41. The molecule has 15 heavy (non-hydrogen) atoms. The maximum Gasteiger partial charge on any atom is 0.0607 e. The van der Waals surface area contributed by atoms with Gasteiger partial charge >= 0.3 is 0 Å². The molecule has 3 N–H and O–H groups in total. The van der Waals surface area contributed by atoms with Crippen molar-refractivity contribution in [2.75, 3.05) is 26.8 Å². The van der Waals surface area contributed by atoms with E-state index in [4.69, 9.17) is 10.2 Å². The highest BCUT2D eigenvalue weighted by atomic mass is 16.3. The van der Waals surface area contributed by atoms with Crippen LogP contribution in [0.25, 0.3) is 0 Å². The summed E-state index contributed by atoms with van der Waals surface area (Å²) in [5, 5.41) is 21.4. The molecule has 1 heterocycles. The Morgan fingerprint density at radius 2 is 1.93 bits per heavy atom. The summed E-state index contributed by atoms with van der Waals surface area (Å²) in [5.74, 6) is 0.562. The molecule has 3 atom stereocenters. The highest BCUT2D eigenvalue weighted by Gasteiger charge is 2.29. The maximum atomic E-state index is 9.03. The van der Waals surface area contributed by atoms with Gasteiger partial charge in [-0.05, 0) is 26.3 Å². The lowest BCUT2D eigenvalue weighted by molar-refractivity contribution is 0.0927. The molecule has 1 aliphatic rings. The van der Waals surface area contributed by atoms with Crippen LogP contribution in [0.2, 0.25) is 0 Å². The van der Waals surface area contributed by atoms with Crippen molar-refractivity contribution in [2.24, 2.45) is 5.92 Å². The number of piperidine rings is 1. The Morgan fingerprint density at radius 3 is 2.47 bits per heavy atom. The Kier molecular flexibility index (Phi) is 4.99. The molecule has 0 radical (unpaired) electrons. The minimum atomic E-state index is -0.173. The van der Waals surface area contributed by atoms with E-state index in [9.17, 15) is 0 Å². The molecule has 0 saturated carbocycles. The second-order valence-corrected chi connectivity index (χ2v) is 4.84. The largest absolute Gasteiger partial charge is 0.395 e. The Hall–Kier alpha value is -0.160. The molecule has 1 rings (SSSR count). The summed E-state index contributed by atoms with van der Waals surface area (Å²) < 4.78 is 0. The smallest absolute Gasteiger partial charge is 0.0607 e. The van der Waals surface area contributed by atoms with Gasteiger partial charge in [-0.1, -0.05) is 6.92 Å². The van der Waals surface area contributed by atoms with Crippen LogP contribution < -0.4 is 5.32 Å². The van der Waals surface area contributed by atoms with Crippen LogP contribution in [-0.2, 0) is 0 Å². The van der Waals surface area contributed by atoms with Crippen LogP contribution in [0.1, 0.15) is 20.3 Å². The first-order valence-corrected chi connectivity index (χ1v) is 5.76. The molecule has 90 valence electrons. The average molecular weight is 216 g/mol. The van der Waals surface area contributed by atoms with Gasteiger partial charge in [0.25, 0.3) is 0 Å². The molecule has 1 saturated heterocycles. The highest BCUT2D eigenvalue weighted by Crippen LogP contribution is 2.20. The Morgan fingerprint density at radius 1 is 1.33 bits per heavy atom. The second kappa shape index (κ2) is 5.80. The van der Waals surface area contributed by atoms with Crippen LogP contribution in [0.4, 0.5) is 0 Å². The summed E-state index contributed by atoms with van der Waals surface area (Å²) in [7, 11) is 2.15. The molecule has 0 aromatic heterocycles. The van der Waals surface area contributed by atoms with Crippen molar-refractivity contribution in [2.45, 2.75) is 38.4 Å². The van der Waals surface area contributed by atoms with Crippen LogP contribution in [-0.4, -0.2) is 60.0 Å². The summed E-state index contributed by atoms with van der Waals surface area (Å²) in [4.78, 5) is 2.36. The summed E-state index contributed by atoms with van der Waals surface area (Å²) in [6.45, 7) is 5.51. The second-order valence-electron chi connectivity index (χ2n) is 4.84. The Labute approximate surface area is 92.3 Å². The van der Waals surface area contributed by atoms with Gasteiger partial charge < -0.3 is 20.4 Å². The van der Waals surface area contributed by atoms with Gasteiger partial charge in [-0.3, -0.25) is 0 Å². The molecule has 0 bridgehead atoms. The molecule has 1 aliphatic heterocycles. The normalized spacial score (nSPS) is 33.6. The van der Waals surface area contributed by atoms with Crippen LogP contribution in [0.3, 0.4) is 0 Å². The zero-order valence-corrected chi connectivity index (χ0v) is 9.98. The van der Waals surface area contributed by atoms with Gasteiger partial charge in [-0.2, -0.15) is 0 Å². The molecule has 3 unspecified atom stereocenters. The summed E-state index contributed by atoms with van der Waals surface area (Å²) in [6.07, 6.45) is 1.08. The first-order chi connectivity index (χ1) is 7.08. The summed E-state index contributed by atoms with van der Waals surface area (Å²) in [6, 6.07) is 0.797. The number of nitrogens with one attached hydrogen (secondary N) is 1. The Bertz CT molecular complexity index is 185. The van der Waals surface area contributed by atoms with Crippen molar-refractivity contribution in [3.8, 4) is 0 Å². The van der Waals surface area contributed by atoms with E-state index in [2.05, 4.69) is 31.1 Å². The summed E-state index contributed by atoms with van der Waals surface area (Å²) >= 11 is 0. The lowest BCUT2D eigenvalue weighted by Crippen LogP contribution is -2.54. The minimum absolute atomic E-state index is 0.00391. The molecule has 0 spiro atoms. The lowest BCUT2D eigenvalue weighted by Gasteiger charge is -2.41. The Balaban J connectivity index is 2.47. The average Bonchev–Trinajstić information content (AvgIpc) is 2.21. The lowest BCUT2D eigenvalue weighted by atomic mass is 9.89. The van der Waals surface area contributed by atoms with E-state index >= 15 is 0 Å². The first kappa shape index (κ1) is 12.9. The van der Waals surface area contributed by atoms with Crippen molar-refractivity contribution in [1.82, 2.24) is 10.2 Å². The molecular weight excluding hydrogens is 192 g/mol. The molecule has 4 nitrogen and oxygen atoms in total. The number of likely N-dealkylation sites (tertiary alicyclic amines) is 1. The number of hydrogen-bond donors (Lipinski definition) is 3. The van der Waals surface area contributed by atoms with Crippen LogP contribution in [0.15, 0.2) is 0 Å². The highest BCUT2D eigenvalue weighted by molar-refractivity contribution is 4.87. The van der Waals surface area contributed by atoms with Crippen LogP contribution in [0.5, 0.6) is 0 Å². The third-order valence-electron chi connectivity index (χ3n) is 3.50. The van der Waals surface area contributed by atoms with Gasteiger partial charge in [0.2, 0.25) is 0 Å². The van der Waals surface area contributed by atoms with Crippen LogP contribution >= 0.6 is 0 Å². The van der Waals surface area contributed by atoms with Crippen molar-refractivity contribution < 1.29 is 10.2 Å². The molecule has 0 amide bonds. The van der Waals surface area contributed by atoms with E-state index in [0.717, 1.165) is 13.0 Å². The van der Waals surface area contributed by atoms with Gasteiger partial charge in [-0.15, -0.1) is 0 Å². The number of nitrogens with zero attached hydrogens (tertiary/aromatic N) is 1. The molecule has 0 aromatic carbocycles. The van der Waals surface area contributed by atoms with Crippen molar-refractivity contribution >= 4 is 0 Å². The van der Waals surface area contributed by atoms with E-state index < -0.39 is 0 Å². The van der Waals surface area contributed by atoms with E-state index in [0.29, 0.717) is 18.0 Å². The molecule has 0 aliphatic carbocycles. The fourth-order valence-corrected chi connectivity index (χ4v) is 2.24. The minimum Gasteiger partial charge on any atom is -0.395 e. The summed E-state index contributed by atoms with van der Waals surface area (Å²) in [5.41, 5.74) is 0. The monoisotopic (exact) mass is 216 g/mol. The van der Waals surface area contributed by atoms with Crippen molar-refractivity contribution in [1.29, 1.82) is 0 Å². The number of rotatable bonds is 4. The van der Waals surface area contributed by atoms with Gasteiger partial charge in [0.1, 0.15) is 0 Å². The van der Waals surface area contributed by atoms with E-state index in [1.807, 2.05) is 0 Å². The zero-order chi connectivity index (χ0) is 11.4. The van der Waals surface area contributed by atoms with E-state index in [1.165, 1.54) is 0 Å². The quantitative estimate of drug-likeness (QED) is 0.602. The standard InChI is InChI=1S/C11H24N2O2/c1-8-5-13(3)9(2)4-11(8)12-10(6-14)7-15/h8-12,14-15H,4-7H2,1-3H3. The predicted molar refractivity (Wildman–Crippen MR) is 60.8 cm³/mol. The number of aliphatic hydroxyl groups is 2. The fourth-order valence-electron chi connectivity index (χ4n) is 2.24. The van der Waals surface area contributed by atoms with Gasteiger partial charge in [-0.25, -0.2) is 0 Å². The molecule has 0 aromatic rings. The van der Waals surface area contributed by atoms with E-state index in [-0.39, 0.29) is 19.3 Å². The first-order valence-electron chi connectivity index (χ1n) is 5.76. The third-order valence-corrected chi connectivity index (χ3v) is 3.50. The molecule has 1 fully saturated rings. The molecule has 4 heteroatoms. The maximum absolute atomic E-state index is 9.03. The topological polar surface area (TPSA) is 55.7 Å². The van der Waals surface area contributed by atoms with E-state index in [1.54, 1.807) is 0 Å². The molecular formula is C11H24N2O2.